The molecule has 1 heterocycles. The van der Waals surface area contributed by atoms with Gasteiger partial charge in [-0.05, 0) is 33.5 Å². The van der Waals surface area contributed by atoms with E-state index < -0.39 is 0 Å². The first-order valence-corrected chi connectivity index (χ1v) is 5.36. The van der Waals surface area contributed by atoms with Gasteiger partial charge in [0.05, 0.1) is 6.04 Å². The Morgan fingerprint density at radius 1 is 1.50 bits per heavy atom. The summed E-state index contributed by atoms with van der Waals surface area (Å²) < 4.78 is 0. The molecule has 0 aromatic heterocycles. The van der Waals surface area contributed by atoms with Gasteiger partial charge in [-0.2, -0.15) is 0 Å². The first kappa shape index (κ1) is 11.5. The van der Waals surface area contributed by atoms with Gasteiger partial charge < -0.3 is 15.5 Å². The van der Waals surface area contributed by atoms with Crippen LogP contribution in [0.3, 0.4) is 0 Å². The normalized spacial score (nSPS) is 22.4. The fourth-order valence-electron chi connectivity index (χ4n) is 1.60. The number of rotatable bonds is 4. The summed E-state index contributed by atoms with van der Waals surface area (Å²) in [6, 6.07) is 0.0471. The predicted octanol–water partition coefficient (Wildman–Crippen LogP) is -0.194. The molecule has 1 amide bonds. The molecule has 0 saturated carbocycles. The third kappa shape index (κ3) is 4.07. The van der Waals surface area contributed by atoms with E-state index in [0.29, 0.717) is 0 Å². The highest BCUT2D eigenvalue weighted by atomic mass is 16.2. The summed E-state index contributed by atoms with van der Waals surface area (Å²) in [5, 5.41) is 6.17. The maximum atomic E-state index is 11.6. The first-order valence-electron chi connectivity index (χ1n) is 5.36. The average Bonchev–Trinajstić information content (AvgIpc) is 2.18. The summed E-state index contributed by atoms with van der Waals surface area (Å²) in [5.74, 6) is 0.159. The van der Waals surface area contributed by atoms with E-state index in [1.165, 1.54) is 12.8 Å². The highest BCUT2D eigenvalue weighted by molar-refractivity contribution is 5.81. The van der Waals surface area contributed by atoms with E-state index in [4.69, 9.17) is 0 Å². The highest BCUT2D eigenvalue weighted by Crippen LogP contribution is 2.06. The molecule has 2 N–H and O–H groups in total. The van der Waals surface area contributed by atoms with Crippen LogP contribution in [0.1, 0.15) is 19.3 Å². The molecule has 1 rings (SSSR count). The zero-order valence-corrected chi connectivity index (χ0v) is 9.18. The molecule has 1 fully saturated rings. The number of hydrogen-bond donors (Lipinski definition) is 2. The number of carbonyl (C=O) groups is 1. The number of nitrogens with zero attached hydrogens (tertiary/aromatic N) is 1. The third-order valence-corrected chi connectivity index (χ3v) is 2.49. The van der Waals surface area contributed by atoms with Crippen LogP contribution in [0.15, 0.2) is 0 Å². The lowest BCUT2D eigenvalue weighted by Gasteiger charge is -2.22. The van der Waals surface area contributed by atoms with Crippen LogP contribution in [0.2, 0.25) is 0 Å². The van der Waals surface area contributed by atoms with E-state index in [0.717, 1.165) is 26.1 Å². The van der Waals surface area contributed by atoms with Crippen molar-refractivity contribution >= 4 is 5.91 Å². The van der Waals surface area contributed by atoms with Crippen LogP contribution < -0.4 is 10.6 Å². The van der Waals surface area contributed by atoms with Crippen molar-refractivity contribution in [3.8, 4) is 0 Å². The summed E-state index contributed by atoms with van der Waals surface area (Å²) in [7, 11) is 4.01. The Labute approximate surface area is 86.0 Å². The molecule has 0 aromatic rings. The lowest BCUT2D eigenvalue weighted by atomic mass is 10.0. The van der Waals surface area contributed by atoms with Gasteiger partial charge in [-0.1, -0.05) is 6.42 Å². The third-order valence-electron chi connectivity index (χ3n) is 2.49. The Balaban J connectivity index is 2.13. The molecule has 0 spiro atoms. The summed E-state index contributed by atoms with van der Waals surface area (Å²) in [6.07, 6.45) is 3.34. The zero-order valence-electron chi connectivity index (χ0n) is 9.18. The molecule has 1 aliphatic rings. The second-order valence-electron chi connectivity index (χ2n) is 4.10. The molecule has 0 aromatic carbocycles. The quantitative estimate of drug-likeness (QED) is 0.659. The number of amides is 1. The first-order chi connectivity index (χ1) is 6.70. The maximum Gasteiger partial charge on any atom is 0.237 e. The van der Waals surface area contributed by atoms with Crippen LogP contribution in [-0.2, 0) is 4.79 Å². The van der Waals surface area contributed by atoms with Crippen molar-refractivity contribution < 1.29 is 4.79 Å². The van der Waals surface area contributed by atoms with Crippen molar-refractivity contribution in [2.45, 2.75) is 25.3 Å². The molecule has 0 radical (unpaired) electrons. The molecule has 4 nitrogen and oxygen atoms in total. The second kappa shape index (κ2) is 5.98. The van der Waals surface area contributed by atoms with Gasteiger partial charge in [-0.3, -0.25) is 4.79 Å². The van der Waals surface area contributed by atoms with Crippen LogP contribution in [-0.4, -0.2) is 50.6 Å². The standard InChI is InChI=1S/C10H21N3O/c1-13(2)8-7-12-10(14)9-5-3-4-6-11-9/h9,11H,3-8H2,1-2H3,(H,12,14)/t9-/m1/s1. The van der Waals surface area contributed by atoms with Gasteiger partial charge in [0.25, 0.3) is 0 Å². The number of carbonyl (C=O) groups excluding carboxylic acids is 1. The van der Waals surface area contributed by atoms with Crippen LogP contribution >= 0.6 is 0 Å². The lowest BCUT2D eigenvalue weighted by molar-refractivity contribution is -0.123. The van der Waals surface area contributed by atoms with E-state index >= 15 is 0 Å². The van der Waals surface area contributed by atoms with Crippen LogP contribution in [0.25, 0.3) is 0 Å². The second-order valence-corrected chi connectivity index (χ2v) is 4.10. The van der Waals surface area contributed by atoms with Crippen molar-refractivity contribution in [1.82, 2.24) is 15.5 Å². The van der Waals surface area contributed by atoms with Crippen molar-refractivity contribution in [1.29, 1.82) is 0 Å². The summed E-state index contributed by atoms with van der Waals surface area (Å²) in [5.41, 5.74) is 0. The van der Waals surface area contributed by atoms with Gasteiger partial charge in [0.1, 0.15) is 0 Å². The zero-order chi connectivity index (χ0) is 10.4. The van der Waals surface area contributed by atoms with E-state index in [1.54, 1.807) is 0 Å². The van der Waals surface area contributed by atoms with Crippen molar-refractivity contribution in [2.75, 3.05) is 33.7 Å². The predicted molar refractivity (Wildman–Crippen MR) is 57.2 cm³/mol. The fourth-order valence-corrected chi connectivity index (χ4v) is 1.60. The lowest BCUT2D eigenvalue weighted by Crippen LogP contribution is -2.47. The van der Waals surface area contributed by atoms with Gasteiger partial charge in [-0.25, -0.2) is 0 Å². The van der Waals surface area contributed by atoms with Crippen molar-refractivity contribution in [3.63, 3.8) is 0 Å². The Bertz CT molecular complexity index is 176. The Hall–Kier alpha value is -0.610. The van der Waals surface area contributed by atoms with E-state index in [-0.39, 0.29) is 11.9 Å². The van der Waals surface area contributed by atoms with E-state index in [2.05, 4.69) is 15.5 Å². The van der Waals surface area contributed by atoms with Gasteiger partial charge in [0.2, 0.25) is 5.91 Å². The SMILES string of the molecule is CN(C)CCNC(=O)[C@H]1CCCCN1. The van der Waals surface area contributed by atoms with Gasteiger partial charge in [0.15, 0.2) is 0 Å². The van der Waals surface area contributed by atoms with Gasteiger partial charge >= 0.3 is 0 Å². The number of hydrogen-bond acceptors (Lipinski definition) is 3. The molecule has 0 bridgehead atoms. The summed E-state index contributed by atoms with van der Waals surface area (Å²) in [4.78, 5) is 13.7. The Morgan fingerprint density at radius 3 is 2.86 bits per heavy atom. The minimum absolute atomic E-state index is 0.0471. The molecule has 1 saturated heterocycles. The van der Waals surface area contributed by atoms with Crippen molar-refractivity contribution in [3.05, 3.63) is 0 Å². The van der Waals surface area contributed by atoms with E-state index in [1.807, 2.05) is 14.1 Å². The largest absolute Gasteiger partial charge is 0.353 e. The van der Waals surface area contributed by atoms with Crippen LogP contribution in [0.5, 0.6) is 0 Å². The minimum atomic E-state index is 0.0471. The fraction of sp³-hybridized carbons (Fsp3) is 0.900. The Morgan fingerprint density at radius 2 is 2.29 bits per heavy atom. The highest BCUT2D eigenvalue weighted by Gasteiger charge is 2.19. The van der Waals surface area contributed by atoms with Gasteiger partial charge in [-0.15, -0.1) is 0 Å². The molecule has 1 aliphatic heterocycles. The summed E-state index contributed by atoms with van der Waals surface area (Å²) >= 11 is 0. The van der Waals surface area contributed by atoms with Gasteiger partial charge in [0, 0.05) is 13.1 Å². The number of likely N-dealkylation sites (N-methyl/N-ethyl adjacent to an activating group) is 1. The topological polar surface area (TPSA) is 44.4 Å². The molecule has 0 aliphatic carbocycles. The molecular formula is C10H21N3O. The molecule has 4 heteroatoms. The van der Waals surface area contributed by atoms with Crippen molar-refractivity contribution in [2.24, 2.45) is 0 Å². The molecule has 14 heavy (non-hydrogen) atoms. The van der Waals surface area contributed by atoms with E-state index in [9.17, 15) is 4.79 Å². The molecular weight excluding hydrogens is 178 g/mol. The molecule has 0 unspecified atom stereocenters. The average molecular weight is 199 g/mol. The molecule has 82 valence electrons. The minimum Gasteiger partial charge on any atom is -0.353 e. The maximum absolute atomic E-state index is 11.6. The smallest absolute Gasteiger partial charge is 0.237 e. The molecule has 1 atom stereocenters. The Kier molecular flexibility index (Phi) is 4.90. The van der Waals surface area contributed by atoms with Crippen LogP contribution in [0.4, 0.5) is 0 Å². The van der Waals surface area contributed by atoms with Crippen LogP contribution in [0, 0.1) is 0 Å². The number of piperidine rings is 1. The number of nitrogens with one attached hydrogen (secondary N) is 2. The summed E-state index contributed by atoms with van der Waals surface area (Å²) in [6.45, 7) is 2.62. The monoisotopic (exact) mass is 199 g/mol.